The van der Waals surface area contributed by atoms with Crippen molar-refractivity contribution in [3.63, 3.8) is 0 Å². The van der Waals surface area contributed by atoms with Crippen LogP contribution in [0.2, 0.25) is 0 Å². The molecule has 78 valence electrons. The Hall–Kier alpha value is 0.140. The first-order valence-electron chi connectivity index (χ1n) is 5.28. The molecule has 2 rings (SSSR count). The van der Waals surface area contributed by atoms with Crippen LogP contribution >= 0.6 is 27.3 Å². The van der Waals surface area contributed by atoms with Gasteiger partial charge in [0.2, 0.25) is 0 Å². The minimum absolute atomic E-state index is 0.593. The lowest BCUT2D eigenvalue weighted by atomic mass is 10.1. The zero-order chi connectivity index (χ0) is 9.97. The molecule has 1 atom stereocenters. The number of nitrogens with one attached hydrogen (secondary N) is 1. The summed E-state index contributed by atoms with van der Waals surface area (Å²) in [7, 11) is 0. The molecule has 0 saturated heterocycles. The van der Waals surface area contributed by atoms with E-state index in [1.807, 2.05) is 0 Å². The van der Waals surface area contributed by atoms with Gasteiger partial charge in [-0.25, -0.2) is 0 Å². The molecule has 1 aromatic rings. The number of thiophene rings is 1. The molecule has 0 amide bonds. The van der Waals surface area contributed by atoms with Gasteiger partial charge in [-0.05, 0) is 58.6 Å². The molecule has 0 spiro atoms. The Morgan fingerprint density at radius 1 is 1.57 bits per heavy atom. The van der Waals surface area contributed by atoms with E-state index >= 15 is 0 Å². The average molecular weight is 274 g/mol. The van der Waals surface area contributed by atoms with E-state index in [2.05, 4.69) is 38.9 Å². The van der Waals surface area contributed by atoms with Crippen molar-refractivity contribution in [3.05, 3.63) is 20.8 Å². The summed E-state index contributed by atoms with van der Waals surface area (Å²) in [4.78, 5) is 0. The van der Waals surface area contributed by atoms with Gasteiger partial charge in [-0.1, -0.05) is 6.92 Å². The lowest BCUT2D eigenvalue weighted by Crippen LogP contribution is -2.23. The lowest BCUT2D eigenvalue weighted by Gasteiger charge is -2.17. The van der Waals surface area contributed by atoms with Crippen LogP contribution in [0, 0.1) is 5.92 Å². The molecule has 1 aliphatic carbocycles. The molecule has 0 radical (unpaired) electrons. The third-order valence-corrected chi connectivity index (χ3v) is 4.44. The van der Waals surface area contributed by atoms with Crippen molar-refractivity contribution in [1.29, 1.82) is 0 Å². The maximum Gasteiger partial charge on any atom is 0.0368 e. The molecule has 1 saturated carbocycles. The van der Waals surface area contributed by atoms with Crippen LogP contribution in [0.1, 0.15) is 37.8 Å². The third-order valence-electron chi connectivity index (χ3n) is 2.69. The van der Waals surface area contributed by atoms with Crippen LogP contribution in [0.3, 0.4) is 0 Å². The van der Waals surface area contributed by atoms with Crippen LogP contribution < -0.4 is 5.32 Å². The van der Waals surface area contributed by atoms with Gasteiger partial charge in [0, 0.05) is 15.9 Å². The summed E-state index contributed by atoms with van der Waals surface area (Å²) in [6, 6.07) is 0.593. The summed E-state index contributed by atoms with van der Waals surface area (Å²) >= 11 is 5.41. The van der Waals surface area contributed by atoms with Crippen molar-refractivity contribution < 1.29 is 0 Å². The Balaban J connectivity index is 2.06. The number of halogens is 1. The highest BCUT2D eigenvalue weighted by atomic mass is 79.9. The molecule has 3 heteroatoms. The van der Waals surface area contributed by atoms with Gasteiger partial charge in [0.25, 0.3) is 0 Å². The summed E-state index contributed by atoms with van der Waals surface area (Å²) in [5.41, 5.74) is 1.46. The molecule has 1 fully saturated rings. The highest BCUT2D eigenvalue weighted by Gasteiger charge is 2.32. The fraction of sp³-hybridized carbons (Fsp3) is 0.636. The van der Waals surface area contributed by atoms with Crippen molar-refractivity contribution >= 4 is 27.3 Å². The van der Waals surface area contributed by atoms with E-state index in [1.165, 1.54) is 29.3 Å². The van der Waals surface area contributed by atoms with Crippen molar-refractivity contribution in [2.24, 2.45) is 5.92 Å². The van der Waals surface area contributed by atoms with Gasteiger partial charge < -0.3 is 5.32 Å². The van der Waals surface area contributed by atoms with Crippen LogP contribution in [-0.2, 0) is 0 Å². The van der Waals surface area contributed by atoms with Gasteiger partial charge in [0.1, 0.15) is 0 Å². The van der Waals surface area contributed by atoms with Gasteiger partial charge in [0.15, 0.2) is 0 Å². The molecule has 0 aliphatic heterocycles. The van der Waals surface area contributed by atoms with Gasteiger partial charge in [-0.3, -0.25) is 0 Å². The van der Waals surface area contributed by atoms with Crippen LogP contribution in [0.4, 0.5) is 0 Å². The quantitative estimate of drug-likeness (QED) is 0.857. The summed E-state index contributed by atoms with van der Waals surface area (Å²) < 4.78 is 1.28. The predicted molar refractivity (Wildman–Crippen MR) is 65.8 cm³/mol. The molecule has 1 heterocycles. The first-order valence-corrected chi connectivity index (χ1v) is 7.01. The van der Waals surface area contributed by atoms with E-state index in [1.54, 1.807) is 11.3 Å². The molecule has 1 aliphatic rings. The summed E-state index contributed by atoms with van der Waals surface area (Å²) in [5.74, 6) is 0.882. The fourth-order valence-corrected chi connectivity index (χ4v) is 3.35. The highest BCUT2D eigenvalue weighted by molar-refractivity contribution is 9.10. The Kier molecular flexibility index (Phi) is 3.63. The lowest BCUT2D eigenvalue weighted by molar-refractivity contribution is 0.481. The van der Waals surface area contributed by atoms with E-state index in [-0.39, 0.29) is 0 Å². The van der Waals surface area contributed by atoms with E-state index in [4.69, 9.17) is 0 Å². The smallest absolute Gasteiger partial charge is 0.0368 e. The highest BCUT2D eigenvalue weighted by Crippen LogP contribution is 2.43. The van der Waals surface area contributed by atoms with Gasteiger partial charge in [-0.15, -0.1) is 0 Å². The average Bonchev–Trinajstić information content (AvgIpc) is 2.92. The van der Waals surface area contributed by atoms with Crippen LogP contribution in [0.15, 0.2) is 15.2 Å². The van der Waals surface area contributed by atoms with Crippen molar-refractivity contribution in [2.75, 3.05) is 6.54 Å². The largest absolute Gasteiger partial charge is 0.310 e. The van der Waals surface area contributed by atoms with E-state index < -0.39 is 0 Å². The van der Waals surface area contributed by atoms with Crippen molar-refractivity contribution in [2.45, 2.75) is 32.2 Å². The van der Waals surface area contributed by atoms with Gasteiger partial charge >= 0.3 is 0 Å². The second-order valence-corrected chi connectivity index (χ2v) is 5.54. The minimum Gasteiger partial charge on any atom is -0.310 e. The molecule has 1 nitrogen and oxygen atoms in total. The second-order valence-electron chi connectivity index (χ2n) is 3.94. The summed E-state index contributed by atoms with van der Waals surface area (Å²) in [6.45, 7) is 3.35. The zero-order valence-corrected chi connectivity index (χ0v) is 10.8. The Labute approximate surface area is 98.0 Å². The molecule has 0 bridgehead atoms. The standard InChI is InChI=1S/C11H16BrNS/c1-2-5-13-11(8-3-4-8)9-6-14-7-10(9)12/h6-8,11,13H,2-5H2,1H3. The summed E-state index contributed by atoms with van der Waals surface area (Å²) in [5, 5.41) is 8.10. The van der Waals surface area contributed by atoms with Crippen LogP contribution in [-0.4, -0.2) is 6.54 Å². The van der Waals surface area contributed by atoms with E-state index in [0.717, 1.165) is 12.5 Å². The van der Waals surface area contributed by atoms with E-state index in [9.17, 15) is 0 Å². The summed E-state index contributed by atoms with van der Waals surface area (Å²) in [6.07, 6.45) is 4.00. The first kappa shape index (κ1) is 10.7. The van der Waals surface area contributed by atoms with Crippen molar-refractivity contribution in [3.8, 4) is 0 Å². The maximum absolute atomic E-state index is 3.65. The Bertz CT molecular complexity index is 293. The SMILES string of the molecule is CCCNC(c1cscc1Br)C1CC1. The van der Waals surface area contributed by atoms with Crippen LogP contribution in [0.25, 0.3) is 0 Å². The number of hydrogen-bond acceptors (Lipinski definition) is 2. The minimum atomic E-state index is 0.593. The van der Waals surface area contributed by atoms with Crippen LogP contribution in [0.5, 0.6) is 0 Å². The molecule has 14 heavy (non-hydrogen) atoms. The zero-order valence-electron chi connectivity index (χ0n) is 8.42. The first-order chi connectivity index (χ1) is 6.83. The topological polar surface area (TPSA) is 12.0 Å². The molecule has 1 aromatic heterocycles. The monoisotopic (exact) mass is 273 g/mol. The van der Waals surface area contributed by atoms with Gasteiger partial charge in [0.05, 0.1) is 0 Å². The molecular formula is C11H16BrNS. The normalized spacial score (nSPS) is 18.4. The molecule has 0 aromatic carbocycles. The van der Waals surface area contributed by atoms with E-state index in [0.29, 0.717) is 6.04 Å². The molecule has 1 unspecified atom stereocenters. The number of hydrogen-bond donors (Lipinski definition) is 1. The molecular weight excluding hydrogens is 258 g/mol. The predicted octanol–water partition coefficient (Wildman–Crippen LogP) is 3.96. The Morgan fingerprint density at radius 2 is 2.36 bits per heavy atom. The van der Waals surface area contributed by atoms with Gasteiger partial charge in [-0.2, -0.15) is 11.3 Å². The maximum atomic E-state index is 3.65. The number of rotatable bonds is 5. The fourth-order valence-electron chi connectivity index (χ4n) is 1.77. The Morgan fingerprint density at radius 3 is 2.86 bits per heavy atom. The molecule has 1 N–H and O–H groups in total. The second kappa shape index (κ2) is 4.77. The van der Waals surface area contributed by atoms with Crippen molar-refractivity contribution in [1.82, 2.24) is 5.32 Å². The third kappa shape index (κ3) is 2.38.